The van der Waals surface area contributed by atoms with Crippen LogP contribution in [0, 0.1) is 0 Å². The lowest BCUT2D eigenvalue weighted by Crippen LogP contribution is -2.17. The summed E-state index contributed by atoms with van der Waals surface area (Å²) in [6.45, 7) is 1.90. The van der Waals surface area contributed by atoms with Gasteiger partial charge in [0.25, 0.3) is 0 Å². The number of anilines is 1. The number of halogens is 3. The Bertz CT molecular complexity index is 703. The maximum Gasteiger partial charge on any atom is 0.573 e. The number of benzene rings is 1. The second-order valence-corrected chi connectivity index (χ2v) is 5.02. The quantitative estimate of drug-likeness (QED) is 0.933. The van der Waals surface area contributed by atoms with E-state index in [1.807, 2.05) is 6.92 Å². The first-order valence-electron chi connectivity index (χ1n) is 6.84. The Balaban J connectivity index is 2.52. The van der Waals surface area contributed by atoms with Crippen molar-refractivity contribution >= 4 is 5.95 Å². The third-order valence-corrected chi connectivity index (χ3v) is 3.01. The van der Waals surface area contributed by atoms with Crippen molar-refractivity contribution in [3.05, 3.63) is 30.0 Å². The molecule has 1 aromatic heterocycles. The van der Waals surface area contributed by atoms with E-state index in [0.29, 0.717) is 23.8 Å². The van der Waals surface area contributed by atoms with Crippen molar-refractivity contribution in [2.75, 3.05) is 19.0 Å². The van der Waals surface area contributed by atoms with Gasteiger partial charge in [-0.15, -0.1) is 13.2 Å². The molecule has 0 bridgehead atoms. The van der Waals surface area contributed by atoms with E-state index in [-0.39, 0.29) is 11.3 Å². The molecular weight excluding hydrogens is 311 g/mol. The van der Waals surface area contributed by atoms with Gasteiger partial charge in [-0.3, -0.25) is 0 Å². The van der Waals surface area contributed by atoms with Gasteiger partial charge in [0.2, 0.25) is 5.95 Å². The summed E-state index contributed by atoms with van der Waals surface area (Å²) >= 11 is 0. The summed E-state index contributed by atoms with van der Waals surface area (Å²) in [4.78, 5) is 10.3. The summed E-state index contributed by atoms with van der Waals surface area (Å²) in [6.07, 6.45) is -4.18. The molecule has 0 saturated heterocycles. The normalized spacial score (nSPS) is 11.4. The smallest absolute Gasteiger partial charge is 0.507 e. The van der Waals surface area contributed by atoms with E-state index < -0.39 is 12.1 Å². The SMILES string of the molecule is CCc1cc(-c2cc(OC(F)(F)F)ccc2O)nc(N(C)C)n1. The highest BCUT2D eigenvalue weighted by Gasteiger charge is 2.31. The van der Waals surface area contributed by atoms with E-state index >= 15 is 0 Å². The third kappa shape index (κ3) is 4.24. The molecule has 23 heavy (non-hydrogen) atoms. The average Bonchev–Trinajstić information content (AvgIpc) is 2.47. The highest BCUT2D eigenvalue weighted by Crippen LogP contribution is 2.34. The summed E-state index contributed by atoms with van der Waals surface area (Å²) in [7, 11) is 3.50. The standard InChI is InChI=1S/C15H16F3N3O2/c1-4-9-7-12(20-14(19-9)21(2)3)11-8-10(5-6-13(11)22)23-15(16,17)18/h5-8,22H,4H2,1-3H3. The Kier molecular flexibility index (Phi) is 4.63. The molecule has 1 aromatic carbocycles. The maximum atomic E-state index is 12.3. The molecule has 0 spiro atoms. The van der Waals surface area contributed by atoms with Crippen molar-refractivity contribution in [2.45, 2.75) is 19.7 Å². The van der Waals surface area contributed by atoms with Gasteiger partial charge >= 0.3 is 6.36 Å². The van der Waals surface area contributed by atoms with E-state index in [1.54, 1.807) is 25.1 Å². The first-order chi connectivity index (χ1) is 10.7. The number of phenolic OH excluding ortho intramolecular Hbond substituents is 1. The second-order valence-electron chi connectivity index (χ2n) is 5.02. The zero-order valence-electron chi connectivity index (χ0n) is 12.8. The Labute approximate surface area is 131 Å². The minimum Gasteiger partial charge on any atom is -0.507 e. The Hall–Kier alpha value is -2.51. The molecule has 1 N–H and O–H groups in total. The number of phenols is 1. The zero-order chi connectivity index (χ0) is 17.2. The van der Waals surface area contributed by atoms with E-state index in [9.17, 15) is 18.3 Å². The fourth-order valence-electron chi connectivity index (χ4n) is 1.92. The minimum absolute atomic E-state index is 0.145. The molecule has 0 aliphatic carbocycles. The molecule has 0 saturated carbocycles. The van der Waals surface area contributed by atoms with Gasteiger partial charge in [0.05, 0.1) is 5.69 Å². The number of hydrogen-bond acceptors (Lipinski definition) is 5. The largest absolute Gasteiger partial charge is 0.573 e. The average molecular weight is 327 g/mol. The molecular formula is C15H16F3N3O2. The molecule has 0 aliphatic rings. The molecule has 1 heterocycles. The molecule has 5 nitrogen and oxygen atoms in total. The summed E-state index contributed by atoms with van der Waals surface area (Å²) in [6, 6.07) is 4.91. The number of aromatic nitrogens is 2. The number of alkyl halides is 3. The van der Waals surface area contributed by atoms with E-state index in [0.717, 1.165) is 18.2 Å². The van der Waals surface area contributed by atoms with Crippen LogP contribution in [0.5, 0.6) is 11.5 Å². The van der Waals surface area contributed by atoms with Crippen LogP contribution < -0.4 is 9.64 Å². The number of hydrogen-bond donors (Lipinski definition) is 1. The molecule has 0 atom stereocenters. The van der Waals surface area contributed by atoms with Crippen LogP contribution in [0.4, 0.5) is 19.1 Å². The fourth-order valence-corrected chi connectivity index (χ4v) is 1.92. The number of rotatable bonds is 4. The highest BCUT2D eigenvalue weighted by molar-refractivity contribution is 5.69. The highest BCUT2D eigenvalue weighted by atomic mass is 19.4. The number of aryl methyl sites for hydroxylation is 1. The van der Waals surface area contributed by atoms with E-state index in [2.05, 4.69) is 14.7 Å². The van der Waals surface area contributed by atoms with Crippen molar-refractivity contribution in [3.63, 3.8) is 0 Å². The minimum atomic E-state index is -4.80. The maximum absolute atomic E-state index is 12.3. The molecule has 8 heteroatoms. The summed E-state index contributed by atoms with van der Waals surface area (Å²) in [5.74, 6) is -0.209. The van der Waals surface area contributed by atoms with Gasteiger partial charge in [-0.1, -0.05) is 6.92 Å². The fraction of sp³-hybridized carbons (Fsp3) is 0.333. The van der Waals surface area contributed by atoms with Gasteiger partial charge < -0.3 is 14.7 Å². The van der Waals surface area contributed by atoms with Gasteiger partial charge in [-0.05, 0) is 30.7 Å². The van der Waals surface area contributed by atoms with Crippen LogP contribution in [-0.2, 0) is 6.42 Å². The molecule has 0 radical (unpaired) electrons. The van der Waals surface area contributed by atoms with Crippen LogP contribution in [-0.4, -0.2) is 35.5 Å². The van der Waals surface area contributed by atoms with Crippen LogP contribution >= 0.6 is 0 Å². The Morgan fingerprint density at radius 2 is 1.87 bits per heavy atom. The lowest BCUT2D eigenvalue weighted by molar-refractivity contribution is -0.274. The number of aromatic hydroxyl groups is 1. The first kappa shape index (κ1) is 16.9. The monoisotopic (exact) mass is 327 g/mol. The lowest BCUT2D eigenvalue weighted by atomic mass is 10.1. The van der Waals surface area contributed by atoms with Crippen LogP contribution in [0.25, 0.3) is 11.3 Å². The Morgan fingerprint density at radius 1 is 1.17 bits per heavy atom. The van der Waals surface area contributed by atoms with Crippen molar-refractivity contribution < 1.29 is 23.0 Å². The Morgan fingerprint density at radius 3 is 2.43 bits per heavy atom. The molecule has 2 rings (SSSR count). The first-order valence-corrected chi connectivity index (χ1v) is 6.84. The number of nitrogens with zero attached hydrogens (tertiary/aromatic N) is 3. The lowest BCUT2D eigenvalue weighted by Gasteiger charge is -2.15. The van der Waals surface area contributed by atoms with Gasteiger partial charge in [0, 0.05) is 25.4 Å². The molecule has 0 aliphatic heterocycles. The predicted molar refractivity (Wildman–Crippen MR) is 79.5 cm³/mol. The van der Waals surface area contributed by atoms with Crippen molar-refractivity contribution in [2.24, 2.45) is 0 Å². The molecule has 0 fully saturated rings. The predicted octanol–water partition coefficient (Wildman–Crippen LogP) is 3.38. The molecule has 0 amide bonds. The summed E-state index contributed by atoms with van der Waals surface area (Å²) < 4.78 is 40.9. The van der Waals surface area contributed by atoms with Crippen molar-refractivity contribution in [1.29, 1.82) is 0 Å². The van der Waals surface area contributed by atoms with Gasteiger partial charge in [0.1, 0.15) is 11.5 Å². The van der Waals surface area contributed by atoms with Crippen LogP contribution in [0.2, 0.25) is 0 Å². The van der Waals surface area contributed by atoms with Crippen molar-refractivity contribution in [3.8, 4) is 22.8 Å². The van der Waals surface area contributed by atoms with Crippen LogP contribution in [0.3, 0.4) is 0 Å². The molecule has 124 valence electrons. The third-order valence-electron chi connectivity index (χ3n) is 3.01. The van der Waals surface area contributed by atoms with Gasteiger partial charge in [-0.25, -0.2) is 9.97 Å². The van der Waals surface area contributed by atoms with E-state index in [1.165, 1.54) is 0 Å². The van der Waals surface area contributed by atoms with Crippen LogP contribution in [0.15, 0.2) is 24.3 Å². The molecule has 2 aromatic rings. The van der Waals surface area contributed by atoms with Gasteiger partial charge in [0.15, 0.2) is 0 Å². The topological polar surface area (TPSA) is 58.5 Å². The number of ether oxygens (including phenoxy) is 1. The molecule has 0 unspecified atom stereocenters. The summed E-state index contributed by atoms with van der Waals surface area (Å²) in [5, 5.41) is 9.97. The summed E-state index contributed by atoms with van der Waals surface area (Å²) in [5.41, 5.74) is 1.18. The zero-order valence-corrected chi connectivity index (χ0v) is 12.8. The second kappa shape index (κ2) is 6.31. The van der Waals surface area contributed by atoms with Gasteiger partial charge in [-0.2, -0.15) is 0 Å². The van der Waals surface area contributed by atoms with E-state index in [4.69, 9.17) is 0 Å². The van der Waals surface area contributed by atoms with Crippen molar-refractivity contribution in [1.82, 2.24) is 9.97 Å². The van der Waals surface area contributed by atoms with Crippen LogP contribution in [0.1, 0.15) is 12.6 Å².